The molecule has 25 heavy (non-hydrogen) atoms. The van der Waals surface area contributed by atoms with Crippen molar-refractivity contribution < 1.29 is 19.2 Å². The summed E-state index contributed by atoms with van der Waals surface area (Å²) in [5, 5.41) is 11.0. The highest BCUT2D eigenvalue weighted by molar-refractivity contribution is 5.96. The average molecular weight is 342 g/mol. The summed E-state index contributed by atoms with van der Waals surface area (Å²) in [7, 11) is 1.66. The molecule has 0 aromatic heterocycles. The molecule has 0 atom stereocenters. The molecule has 3 rings (SSSR count). The molecule has 0 aliphatic carbocycles. The zero-order valence-electron chi connectivity index (χ0n) is 14.0. The molecule has 7 nitrogen and oxygen atoms in total. The number of carbonyl (C=O) groups excluding carboxylic acids is 1. The Morgan fingerprint density at radius 3 is 2.64 bits per heavy atom. The van der Waals surface area contributed by atoms with E-state index in [1.807, 2.05) is 18.2 Å². The lowest BCUT2D eigenvalue weighted by atomic mass is 10.1. The van der Waals surface area contributed by atoms with Crippen LogP contribution in [0.5, 0.6) is 11.5 Å². The predicted octanol–water partition coefficient (Wildman–Crippen LogP) is 2.95. The van der Waals surface area contributed by atoms with Gasteiger partial charge in [0.1, 0.15) is 13.2 Å². The third-order valence-corrected chi connectivity index (χ3v) is 4.11. The van der Waals surface area contributed by atoms with Crippen molar-refractivity contribution in [1.82, 2.24) is 4.90 Å². The summed E-state index contributed by atoms with van der Waals surface area (Å²) in [5.74, 6) is 1.09. The normalized spacial score (nSPS) is 12.6. The molecule has 0 spiro atoms. The Morgan fingerprint density at radius 1 is 1.20 bits per heavy atom. The van der Waals surface area contributed by atoms with Crippen molar-refractivity contribution in [3.05, 3.63) is 63.2 Å². The summed E-state index contributed by atoms with van der Waals surface area (Å²) in [6, 6.07) is 10.1. The molecular weight excluding hydrogens is 324 g/mol. The zero-order valence-corrected chi connectivity index (χ0v) is 14.0. The SMILES string of the molecule is Cc1c(C(=O)N(C)Cc2ccc3c(c2)OCCO3)cccc1[N+](=O)[O-]. The van der Waals surface area contributed by atoms with Crippen LogP contribution in [0.15, 0.2) is 36.4 Å². The van der Waals surface area contributed by atoms with E-state index in [4.69, 9.17) is 9.47 Å². The third-order valence-electron chi connectivity index (χ3n) is 4.11. The van der Waals surface area contributed by atoms with Gasteiger partial charge in [-0.2, -0.15) is 0 Å². The molecule has 0 bridgehead atoms. The number of nitrogens with zero attached hydrogens (tertiary/aromatic N) is 2. The van der Waals surface area contributed by atoms with Crippen LogP contribution in [0, 0.1) is 17.0 Å². The van der Waals surface area contributed by atoms with Gasteiger partial charge in [0.05, 0.1) is 4.92 Å². The van der Waals surface area contributed by atoms with E-state index in [1.165, 1.54) is 17.0 Å². The smallest absolute Gasteiger partial charge is 0.273 e. The molecule has 0 radical (unpaired) electrons. The summed E-state index contributed by atoms with van der Waals surface area (Å²) in [4.78, 5) is 24.8. The lowest BCUT2D eigenvalue weighted by Crippen LogP contribution is -2.27. The summed E-state index contributed by atoms with van der Waals surface area (Å²) < 4.78 is 11.0. The van der Waals surface area contributed by atoms with Crippen LogP contribution in [0.25, 0.3) is 0 Å². The van der Waals surface area contributed by atoms with Gasteiger partial charge in [-0.15, -0.1) is 0 Å². The minimum atomic E-state index is -0.479. The van der Waals surface area contributed by atoms with Gasteiger partial charge in [0.25, 0.3) is 11.6 Å². The Morgan fingerprint density at radius 2 is 1.92 bits per heavy atom. The van der Waals surface area contributed by atoms with E-state index in [9.17, 15) is 14.9 Å². The van der Waals surface area contributed by atoms with Crippen LogP contribution in [0.2, 0.25) is 0 Å². The van der Waals surface area contributed by atoms with Crippen LogP contribution in [0.1, 0.15) is 21.5 Å². The number of amides is 1. The van der Waals surface area contributed by atoms with E-state index in [-0.39, 0.29) is 11.6 Å². The van der Waals surface area contributed by atoms with Crippen LogP contribution in [0.3, 0.4) is 0 Å². The second-order valence-electron chi connectivity index (χ2n) is 5.85. The monoisotopic (exact) mass is 342 g/mol. The van der Waals surface area contributed by atoms with Crippen molar-refractivity contribution >= 4 is 11.6 Å². The van der Waals surface area contributed by atoms with Crippen molar-refractivity contribution in [2.75, 3.05) is 20.3 Å². The zero-order chi connectivity index (χ0) is 18.0. The van der Waals surface area contributed by atoms with Crippen molar-refractivity contribution in [2.45, 2.75) is 13.5 Å². The highest BCUT2D eigenvalue weighted by Crippen LogP contribution is 2.31. The maximum absolute atomic E-state index is 12.7. The molecule has 0 unspecified atom stereocenters. The van der Waals surface area contributed by atoms with Gasteiger partial charge >= 0.3 is 0 Å². The number of carbonyl (C=O) groups is 1. The summed E-state index contributed by atoms with van der Waals surface area (Å²) in [5.41, 5.74) is 1.53. The van der Waals surface area contributed by atoms with E-state index >= 15 is 0 Å². The molecule has 1 aliphatic rings. The van der Waals surface area contributed by atoms with Gasteiger partial charge in [-0.25, -0.2) is 0 Å². The molecule has 0 N–H and O–H groups in total. The fraction of sp³-hybridized carbons (Fsp3) is 0.278. The van der Waals surface area contributed by atoms with Gasteiger partial charge in [0, 0.05) is 30.8 Å². The van der Waals surface area contributed by atoms with E-state index in [1.54, 1.807) is 20.0 Å². The van der Waals surface area contributed by atoms with Crippen molar-refractivity contribution in [1.29, 1.82) is 0 Å². The van der Waals surface area contributed by atoms with Gasteiger partial charge < -0.3 is 14.4 Å². The summed E-state index contributed by atoms with van der Waals surface area (Å²) in [6.07, 6.45) is 0. The first-order valence-electron chi connectivity index (χ1n) is 7.85. The van der Waals surface area contributed by atoms with Crippen LogP contribution < -0.4 is 9.47 Å². The largest absolute Gasteiger partial charge is 0.486 e. The third kappa shape index (κ3) is 3.40. The molecule has 1 heterocycles. The van der Waals surface area contributed by atoms with E-state index in [2.05, 4.69) is 0 Å². The van der Waals surface area contributed by atoms with E-state index in [0.717, 1.165) is 5.56 Å². The molecule has 0 saturated heterocycles. The van der Waals surface area contributed by atoms with E-state index in [0.29, 0.717) is 42.4 Å². The fourth-order valence-electron chi connectivity index (χ4n) is 2.79. The molecule has 7 heteroatoms. The molecule has 0 saturated carbocycles. The number of benzene rings is 2. The lowest BCUT2D eigenvalue weighted by molar-refractivity contribution is -0.385. The van der Waals surface area contributed by atoms with Crippen LogP contribution in [0.4, 0.5) is 5.69 Å². The Kier molecular flexibility index (Phi) is 4.56. The molecule has 1 amide bonds. The topological polar surface area (TPSA) is 81.9 Å². The number of ether oxygens (including phenoxy) is 2. The first kappa shape index (κ1) is 16.8. The van der Waals surface area contributed by atoms with Crippen molar-refractivity contribution in [2.24, 2.45) is 0 Å². The fourth-order valence-corrected chi connectivity index (χ4v) is 2.79. The number of rotatable bonds is 4. The standard InChI is InChI=1S/C18H18N2O5/c1-12-14(4-3-5-15(12)20(22)23)18(21)19(2)11-13-6-7-16-17(10-13)25-9-8-24-16/h3-7,10H,8-9,11H2,1-2H3. The highest BCUT2D eigenvalue weighted by Gasteiger charge is 2.21. The minimum Gasteiger partial charge on any atom is -0.486 e. The maximum Gasteiger partial charge on any atom is 0.273 e. The second kappa shape index (κ2) is 6.80. The van der Waals surface area contributed by atoms with Gasteiger partial charge in [-0.3, -0.25) is 14.9 Å². The molecule has 0 fully saturated rings. The van der Waals surface area contributed by atoms with Gasteiger partial charge in [0.15, 0.2) is 11.5 Å². The average Bonchev–Trinajstić information content (AvgIpc) is 2.61. The Balaban J connectivity index is 1.79. The minimum absolute atomic E-state index is 0.0569. The van der Waals surface area contributed by atoms with Crippen molar-refractivity contribution in [3.63, 3.8) is 0 Å². The Hall–Kier alpha value is -3.09. The van der Waals surface area contributed by atoms with Crippen LogP contribution >= 0.6 is 0 Å². The maximum atomic E-state index is 12.7. The van der Waals surface area contributed by atoms with Crippen LogP contribution in [-0.4, -0.2) is 36.0 Å². The first-order valence-corrected chi connectivity index (χ1v) is 7.85. The second-order valence-corrected chi connectivity index (χ2v) is 5.85. The van der Waals surface area contributed by atoms with Crippen molar-refractivity contribution in [3.8, 4) is 11.5 Å². The highest BCUT2D eigenvalue weighted by atomic mass is 16.6. The summed E-state index contributed by atoms with van der Waals surface area (Å²) in [6.45, 7) is 2.97. The predicted molar refractivity (Wildman–Crippen MR) is 91.1 cm³/mol. The lowest BCUT2D eigenvalue weighted by Gasteiger charge is -2.21. The summed E-state index contributed by atoms with van der Waals surface area (Å²) >= 11 is 0. The molecule has 2 aromatic carbocycles. The van der Waals surface area contributed by atoms with E-state index < -0.39 is 4.92 Å². The first-order chi connectivity index (χ1) is 12.0. The quantitative estimate of drug-likeness (QED) is 0.630. The van der Waals surface area contributed by atoms with Gasteiger partial charge in [0.2, 0.25) is 0 Å². The molecule has 130 valence electrons. The number of hydrogen-bond donors (Lipinski definition) is 0. The van der Waals surface area contributed by atoms with Gasteiger partial charge in [-0.1, -0.05) is 12.1 Å². The number of nitro groups is 1. The molecule has 2 aromatic rings. The number of nitro benzene ring substituents is 1. The van der Waals surface area contributed by atoms with Gasteiger partial charge in [-0.05, 0) is 30.7 Å². The molecular formula is C18H18N2O5. The Labute approximate surface area is 144 Å². The molecule has 1 aliphatic heterocycles. The number of hydrogen-bond acceptors (Lipinski definition) is 5. The number of fused-ring (bicyclic) bond motifs is 1. The Bertz CT molecular complexity index is 834. The van der Waals surface area contributed by atoms with Crippen LogP contribution in [-0.2, 0) is 6.54 Å².